The van der Waals surface area contributed by atoms with Gasteiger partial charge in [-0.05, 0) is 37.1 Å². The number of carbonyl (C=O) groups excluding carboxylic acids is 1. The summed E-state index contributed by atoms with van der Waals surface area (Å²) < 4.78 is 23.8. The van der Waals surface area contributed by atoms with Crippen molar-refractivity contribution < 1.29 is 13.2 Å². The Morgan fingerprint density at radius 1 is 1.18 bits per heavy atom. The second-order valence-corrected chi connectivity index (χ2v) is 7.28. The van der Waals surface area contributed by atoms with Gasteiger partial charge in [-0.3, -0.25) is 9.78 Å². The molecule has 0 aliphatic carbocycles. The van der Waals surface area contributed by atoms with Crippen molar-refractivity contribution in [1.29, 1.82) is 0 Å². The lowest BCUT2D eigenvalue weighted by Gasteiger charge is -2.29. The first-order valence-electron chi connectivity index (χ1n) is 7.03. The number of nitrogens with zero attached hydrogens (tertiary/aromatic N) is 2. The van der Waals surface area contributed by atoms with Crippen molar-refractivity contribution in [2.24, 2.45) is 0 Å². The van der Waals surface area contributed by atoms with Crippen molar-refractivity contribution in [3.8, 4) is 0 Å². The second kappa shape index (κ2) is 5.53. The van der Waals surface area contributed by atoms with Crippen LogP contribution in [0.4, 0.5) is 5.69 Å². The maximum atomic E-state index is 12.9. The average molecular weight is 316 g/mol. The number of rotatable bonds is 2. The zero-order valence-corrected chi connectivity index (χ0v) is 13.0. The minimum atomic E-state index is -3.46. The van der Waals surface area contributed by atoms with Gasteiger partial charge in [0.1, 0.15) is 0 Å². The van der Waals surface area contributed by atoms with Crippen molar-refractivity contribution in [3.63, 3.8) is 0 Å². The van der Waals surface area contributed by atoms with E-state index in [1.54, 1.807) is 35.4 Å². The molecule has 0 atom stereocenters. The van der Waals surface area contributed by atoms with Crippen LogP contribution >= 0.6 is 0 Å². The molecule has 0 radical (unpaired) electrons. The number of sulfone groups is 1. The fourth-order valence-corrected chi connectivity index (χ4v) is 3.60. The van der Waals surface area contributed by atoms with Gasteiger partial charge in [0.25, 0.3) is 5.91 Å². The Morgan fingerprint density at radius 2 is 1.95 bits per heavy atom. The van der Waals surface area contributed by atoms with Gasteiger partial charge < -0.3 is 4.90 Å². The molecular weight excluding hydrogens is 300 g/mol. The molecule has 0 unspecified atom stereocenters. The van der Waals surface area contributed by atoms with E-state index in [1.165, 1.54) is 6.07 Å². The number of anilines is 1. The van der Waals surface area contributed by atoms with E-state index in [0.717, 1.165) is 30.5 Å². The predicted octanol–water partition coefficient (Wildman–Crippen LogP) is 2.08. The monoisotopic (exact) mass is 316 g/mol. The lowest BCUT2D eigenvalue weighted by Crippen LogP contribution is -2.36. The molecule has 6 heteroatoms. The van der Waals surface area contributed by atoms with Gasteiger partial charge in [-0.25, -0.2) is 8.42 Å². The number of hydrogen-bond donors (Lipinski definition) is 0. The highest BCUT2D eigenvalue weighted by Gasteiger charge is 2.27. The van der Waals surface area contributed by atoms with Crippen molar-refractivity contribution in [3.05, 3.63) is 53.9 Å². The molecule has 114 valence electrons. The van der Waals surface area contributed by atoms with Crippen molar-refractivity contribution >= 4 is 21.4 Å². The number of fused-ring (bicyclic) bond motifs is 1. The minimum absolute atomic E-state index is 0.0658. The molecule has 0 fully saturated rings. The van der Waals surface area contributed by atoms with E-state index in [0.29, 0.717) is 6.54 Å². The summed E-state index contributed by atoms with van der Waals surface area (Å²) in [6.07, 6.45) is 4.46. The maximum Gasteiger partial charge on any atom is 0.259 e. The molecule has 0 bridgehead atoms. The van der Waals surface area contributed by atoms with E-state index >= 15 is 0 Å². The predicted molar refractivity (Wildman–Crippen MR) is 83.8 cm³/mol. The van der Waals surface area contributed by atoms with Crippen LogP contribution < -0.4 is 4.90 Å². The average Bonchev–Trinajstić information content (AvgIpc) is 2.53. The van der Waals surface area contributed by atoms with Crippen molar-refractivity contribution in [1.82, 2.24) is 4.98 Å². The Morgan fingerprint density at radius 3 is 2.73 bits per heavy atom. The summed E-state index contributed by atoms with van der Waals surface area (Å²) in [5.74, 6) is -0.296. The van der Waals surface area contributed by atoms with Gasteiger partial charge in [0, 0.05) is 19.0 Å². The summed E-state index contributed by atoms with van der Waals surface area (Å²) in [4.78, 5) is 18.9. The van der Waals surface area contributed by atoms with Gasteiger partial charge >= 0.3 is 0 Å². The normalized spacial score (nSPS) is 14.5. The lowest BCUT2D eigenvalue weighted by atomic mass is 10.1. The fraction of sp³-hybridized carbons (Fsp3) is 0.250. The van der Waals surface area contributed by atoms with Crippen LogP contribution in [0.1, 0.15) is 22.5 Å². The largest absolute Gasteiger partial charge is 0.307 e. The number of aryl methyl sites for hydroxylation is 1. The van der Waals surface area contributed by atoms with Gasteiger partial charge in [0.05, 0.1) is 21.8 Å². The molecule has 2 heterocycles. The summed E-state index contributed by atoms with van der Waals surface area (Å²) >= 11 is 0. The van der Waals surface area contributed by atoms with E-state index in [2.05, 4.69) is 4.98 Å². The molecule has 1 amide bonds. The maximum absolute atomic E-state index is 12.9. The Balaban J connectivity index is 2.07. The highest BCUT2D eigenvalue weighted by molar-refractivity contribution is 7.90. The van der Waals surface area contributed by atoms with Crippen LogP contribution in [0.25, 0.3) is 0 Å². The molecule has 0 saturated heterocycles. The SMILES string of the molecule is CS(=O)(=O)c1ccccc1C(=O)N1CCCc2ncccc21. The number of pyridine rings is 1. The Bertz CT molecular complexity index is 831. The fourth-order valence-electron chi connectivity index (χ4n) is 2.72. The van der Waals surface area contributed by atoms with Gasteiger partial charge in [0.2, 0.25) is 0 Å². The van der Waals surface area contributed by atoms with E-state index in [9.17, 15) is 13.2 Å². The molecule has 3 rings (SSSR count). The van der Waals surface area contributed by atoms with Crippen LogP contribution in [-0.2, 0) is 16.3 Å². The first-order valence-corrected chi connectivity index (χ1v) is 8.92. The molecule has 1 aliphatic heterocycles. The zero-order chi connectivity index (χ0) is 15.7. The van der Waals surface area contributed by atoms with Crippen LogP contribution in [0.2, 0.25) is 0 Å². The quantitative estimate of drug-likeness (QED) is 0.851. The molecule has 1 aliphatic rings. The Hall–Kier alpha value is -2.21. The number of hydrogen-bond acceptors (Lipinski definition) is 4. The molecule has 22 heavy (non-hydrogen) atoms. The number of amides is 1. The van der Waals surface area contributed by atoms with Crippen LogP contribution in [0.5, 0.6) is 0 Å². The molecule has 1 aromatic heterocycles. The molecule has 2 aromatic rings. The van der Waals surface area contributed by atoms with E-state index in [-0.39, 0.29) is 16.4 Å². The van der Waals surface area contributed by atoms with Gasteiger partial charge in [-0.1, -0.05) is 12.1 Å². The van der Waals surface area contributed by atoms with Crippen molar-refractivity contribution in [2.45, 2.75) is 17.7 Å². The third-order valence-corrected chi connectivity index (χ3v) is 4.87. The van der Waals surface area contributed by atoms with Crippen LogP contribution in [0.15, 0.2) is 47.5 Å². The van der Waals surface area contributed by atoms with Crippen LogP contribution in [0, 0.1) is 0 Å². The first kappa shape index (κ1) is 14.7. The third-order valence-electron chi connectivity index (χ3n) is 3.71. The number of benzene rings is 1. The van der Waals surface area contributed by atoms with Crippen LogP contribution in [-0.4, -0.2) is 32.1 Å². The standard InChI is InChI=1S/C16H16N2O3S/c1-22(20,21)15-9-3-2-6-12(15)16(19)18-11-5-7-13-14(18)8-4-10-17-13/h2-4,6,8-10H,5,7,11H2,1H3. The van der Waals surface area contributed by atoms with Crippen LogP contribution in [0.3, 0.4) is 0 Å². The first-order chi connectivity index (χ1) is 10.5. The number of carbonyl (C=O) groups is 1. The topological polar surface area (TPSA) is 67.3 Å². The van der Waals surface area contributed by atoms with E-state index in [4.69, 9.17) is 0 Å². The lowest BCUT2D eigenvalue weighted by molar-refractivity contribution is 0.0981. The van der Waals surface area contributed by atoms with Gasteiger partial charge in [-0.2, -0.15) is 0 Å². The molecule has 0 spiro atoms. The Kier molecular flexibility index (Phi) is 3.70. The molecular formula is C16H16N2O3S. The molecule has 1 aromatic carbocycles. The summed E-state index contributed by atoms with van der Waals surface area (Å²) in [5, 5.41) is 0. The smallest absolute Gasteiger partial charge is 0.259 e. The highest BCUT2D eigenvalue weighted by Crippen LogP contribution is 2.28. The second-order valence-electron chi connectivity index (χ2n) is 5.30. The molecule has 0 N–H and O–H groups in total. The highest BCUT2D eigenvalue weighted by atomic mass is 32.2. The van der Waals surface area contributed by atoms with Gasteiger partial charge in [-0.15, -0.1) is 0 Å². The summed E-state index contributed by atoms with van der Waals surface area (Å²) in [6, 6.07) is 9.96. The van der Waals surface area contributed by atoms with Gasteiger partial charge in [0.15, 0.2) is 9.84 Å². The zero-order valence-electron chi connectivity index (χ0n) is 12.2. The third kappa shape index (κ3) is 2.62. The van der Waals surface area contributed by atoms with E-state index in [1.807, 2.05) is 6.07 Å². The van der Waals surface area contributed by atoms with Crippen molar-refractivity contribution in [2.75, 3.05) is 17.7 Å². The summed E-state index contributed by atoms with van der Waals surface area (Å²) in [5.41, 5.74) is 1.85. The molecule has 0 saturated carbocycles. The molecule has 5 nitrogen and oxygen atoms in total. The summed E-state index contributed by atoms with van der Waals surface area (Å²) in [6.45, 7) is 0.565. The minimum Gasteiger partial charge on any atom is -0.307 e. The summed E-state index contributed by atoms with van der Waals surface area (Å²) in [7, 11) is -3.46. The Labute approximate surface area is 129 Å². The van der Waals surface area contributed by atoms with E-state index < -0.39 is 9.84 Å². The number of aromatic nitrogens is 1.